The van der Waals surface area contributed by atoms with Crippen molar-refractivity contribution < 1.29 is 13.6 Å². The second-order valence-corrected chi connectivity index (χ2v) is 8.16. The maximum atomic E-state index is 13.7. The lowest BCUT2D eigenvalue weighted by Gasteiger charge is -2.12. The van der Waals surface area contributed by atoms with Crippen LogP contribution in [0.2, 0.25) is 0 Å². The molecule has 0 radical (unpaired) electrons. The summed E-state index contributed by atoms with van der Waals surface area (Å²) in [5.74, 6) is 4.45. The number of amides is 1. The average molecular weight is 424 g/mol. The molecule has 5 nitrogen and oxygen atoms in total. The van der Waals surface area contributed by atoms with Gasteiger partial charge in [-0.1, -0.05) is 11.8 Å². The number of thioether (sulfide) groups is 1. The van der Waals surface area contributed by atoms with Gasteiger partial charge < -0.3 is 9.88 Å². The van der Waals surface area contributed by atoms with Crippen LogP contribution >= 0.6 is 23.4 Å². The van der Waals surface area contributed by atoms with Crippen molar-refractivity contribution in [1.29, 1.82) is 0 Å². The van der Waals surface area contributed by atoms with Crippen molar-refractivity contribution in [2.75, 3.05) is 12.0 Å². The van der Waals surface area contributed by atoms with E-state index in [1.807, 2.05) is 6.07 Å². The van der Waals surface area contributed by atoms with Crippen molar-refractivity contribution in [2.24, 2.45) is 5.92 Å². The molecule has 0 bridgehead atoms. The molecule has 0 saturated carbocycles. The molecule has 3 atom stereocenters. The molecule has 9 heteroatoms. The first-order valence-electron chi connectivity index (χ1n) is 8.46. The number of halogens is 3. The zero-order chi connectivity index (χ0) is 20.1. The maximum Gasteiger partial charge on any atom is 0.286 e. The Morgan fingerprint density at radius 2 is 2.32 bits per heavy atom. The molecule has 1 saturated heterocycles. The minimum absolute atomic E-state index is 0.0900. The quantitative estimate of drug-likeness (QED) is 0.606. The zero-order valence-corrected chi connectivity index (χ0v) is 16.1. The Bertz CT molecular complexity index is 975. The summed E-state index contributed by atoms with van der Waals surface area (Å²) in [5.41, 5.74) is -0.0838. The molecule has 1 fully saturated rings. The van der Waals surface area contributed by atoms with Crippen molar-refractivity contribution in [3.05, 3.63) is 58.5 Å². The molecular weight excluding hydrogens is 408 g/mol. The lowest BCUT2D eigenvalue weighted by Crippen LogP contribution is -2.27. The summed E-state index contributed by atoms with van der Waals surface area (Å²) in [6, 6.07) is 4.53. The highest BCUT2D eigenvalue weighted by Gasteiger charge is 2.37. The van der Waals surface area contributed by atoms with Crippen LogP contribution in [0.5, 0.6) is 0 Å². The van der Waals surface area contributed by atoms with Gasteiger partial charge in [-0.3, -0.25) is 14.6 Å². The summed E-state index contributed by atoms with van der Waals surface area (Å²) in [5, 5.41) is 2.09. The summed E-state index contributed by atoms with van der Waals surface area (Å²) in [4.78, 5) is 28.1. The van der Waals surface area contributed by atoms with Crippen LogP contribution in [0.1, 0.15) is 12.0 Å². The number of alkyl halides is 2. The number of anilines is 1. The molecule has 1 N–H and O–H groups in total. The van der Waals surface area contributed by atoms with Gasteiger partial charge in [-0.2, -0.15) is 0 Å². The maximum absolute atomic E-state index is 13.7. The third kappa shape index (κ3) is 4.91. The lowest BCUT2D eigenvalue weighted by molar-refractivity contribution is -0.115. The predicted molar refractivity (Wildman–Crippen MR) is 106 cm³/mol. The summed E-state index contributed by atoms with van der Waals surface area (Å²) >= 11 is 7.59. The third-order valence-electron chi connectivity index (χ3n) is 4.07. The number of carbonyl (C=O) groups is 1. The number of rotatable bonds is 4. The highest BCUT2D eigenvalue weighted by molar-refractivity contribution is 8.02. The standard InChI is InChI=1S/C19H16ClF2N3O2S/c20-17-13(4-3-12-2-1-6-23-10-12)8-16(28-17)18(26)24-14-9-15(22)19(27)25(11-14)7-5-21/h1-2,6,9-11,13,16-17H,5,7-8H2,(H,24,26). The van der Waals surface area contributed by atoms with Crippen molar-refractivity contribution >= 4 is 35.0 Å². The number of aromatic nitrogens is 2. The Kier molecular flexibility index (Phi) is 6.70. The normalized spacial score (nSPS) is 21.0. The molecule has 28 heavy (non-hydrogen) atoms. The van der Waals surface area contributed by atoms with Gasteiger partial charge in [0.05, 0.1) is 22.2 Å². The highest BCUT2D eigenvalue weighted by Crippen LogP contribution is 2.41. The second-order valence-electron chi connectivity index (χ2n) is 6.08. The number of hydrogen-bond acceptors (Lipinski definition) is 4. The summed E-state index contributed by atoms with van der Waals surface area (Å²) in [7, 11) is 0. The molecule has 3 rings (SSSR count). The van der Waals surface area contributed by atoms with E-state index in [1.165, 1.54) is 18.0 Å². The fourth-order valence-corrected chi connectivity index (χ4v) is 4.42. The van der Waals surface area contributed by atoms with E-state index in [0.717, 1.165) is 16.2 Å². The summed E-state index contributed by atoms with van der Waals surface area (Å²) in [6.45, 7) is -1.10. The smallest absolute Gasteiger partial charge is 0.286 e. The van der Waals surface area contributed by atoms with E-state index in [0.29, 0.717) is 6.42 Å². The molecule has 0 aromatic carbocycles. The fourth-order valence-electron chi connectivity index (χ4n) is 2.70. The first-order valence-corrected chi connectivity index (χ1v) is 9.84. The molecule has 2 aromatic heterocycles. The predicted octanol–water partition coefficient (Wildman–Crippen LogP) is 3.03. The number of nitrogens with one attached hydrogen (secondary N) is 1. The molecule has 2 aromatic rings. The van der Waals surface area contributed by atoms with Crippen molar-refractivity contribution in [2.45, 2.75) is 22.9 Å². The molecule has 146 valence electrons. The van der Waals surface area contributed by atoms with Gasteiger partial charge in [-0.05, 0) is 18.6 Å². The average Bonchev–Trinajstić information content (AvgIpc) is 3.06. The van der Waals surface area contributed by atoms with Crippen LogP contribution in [0, 0.1) is 23.6 Å². The van der Waals surface area contributed by atoms with Gasteiger partial charge in [-0.15, -0.1) is 23.4 Å². The number of pyridine rings is 2. The van der Waals surface area contributed by atoms with Gasteiger partial charge in [0.1, 0.15) is 6.67 Å². The molecule has 1 amide bonds. The molecule has 1 aliphatic rings. The Balaban J connectivity index is 1.67. The van der Waals surface area contributed by atoms with E-state index < -0.39 is 23.3 Å². The minimum Gasteiger partial charge on any atom is -0.324 e. The summed E-state index contributed by atoms with van der Waals surface area (Å²) in [6.07, 6.45) is 4.95. The molecule has 0 spiro atoms. The Morgan fingerprint density at radius 1 is 1.50 bits per heavy atom. The monoisotopic (exact) mass is 423 g/mol. The molecule has 3 heterocycles. The van der Waals surface area contributed by atoms with Crippen LogP contribution < -0.4 is 10.9 Å². The van der Waals surface area contributed by atoms with Gasteiger partial charge in [0.25, 0.3) is 5.56 Å². The van der Waals surface area contributed by atoms with E-state index in [2.05, 4.69) is 22.1 Å². The SMILES string of the molecule is O=C(Nc1cc(F)c(=O)n(CCF)c1)C1CC(C#Cc2cccnc2)C(Cl)S1. The van der Waals surface area contributed by atoms with Crippen molar-refractivity contribution in [3.63, 3.8) is 0 Å². The second kappa shape index (κ2) is 9.22. The van der Waals surface area contributed by atoms with Gasteiger partial charge in [0, 0.05) is 36.1 Å². The van der Waals surface area contributed by atoms with Crippen LogP contribution in [0.3, 0.4) is 0 Å². The van der Waals surface area contributed by atoms with Gasteiger partial charge in [-0.25, -0.2) is 8.78 Å². The Hall–Kier alpha value is -2.37. The van der Waals surface area contributed by atoms with Gasteiger partial charge >= 0.3 is 0 Å². The van der Waals surface area contributed by atoms with Gasteiger partial charge in [0.15, 0.2) is 5.82 Å². The first kappa shape index (κ1) is 20.4. The van der Waals surface area contributed by atoms with Crippen LogP contribution in [-0.4, -0.2) is 32.1 Å². The summed E-state index contributed by atoms with van der Waals surface area (Å²) < 4.78 is 26.8. The molecule has 3 unspecified atom stereocenters. The van der Waals surface area contributed by atoms with E-state index in [9.17, 15) is 18.4 Å². The highest BCUT2D eigenvalue weighted by atomic mass is 35.5. The van der Waals surface area contributed by atoms with E-state index >= 15 is 0 Å². The number of carbonyl (C=O) groups excluding carboxylic acids is 1. The minimum atomic E-state index is -1.05. The van der Waals surface area contributed by atoms with Crippen LogP contribution in [-0.2, 0) is 11.3 Å². The Labute approximate surface area is 169 Å². The largest absolute Gasteiger partial charge is 0.324 e. The van der Waals surface area contributed by atoms with Crippen LogP contribution in [0.25, 0.3) is 0 Å². The van der Waals surface area contributed by atoms with Crippen LogP contribution in [0.4, 0.5) is 14.5 Å². The van der Waals surface area contributed by atoms with E-state index in [1.54, 1.807) is 18.5 Å². The fraction of sp³-hybridized carbons (Fsp3) is 0.316. The lowest BCUT2D eigenvalue weighted by atomic mass is 10.1. The number of nitrogens with zero attached hydrogens (tertiary/aromatic N) is 2. The first-order chi connectivity index (χ1) is 13.5. The third-order valence-corrected chi connectivity index (χ3v) is 6.01. The number of hydrogen-bond donors (Lipinski definition) is 1. The van der Waals surface area contributed by atoms with Crippen molar-refractivity contribution in [3.8, 4) is 11.8 Å². The zero-order valence-electron chi connectivity index (χ0n) is 14.6. The van der Waals surface area contributed by atoms with Crippen molar-refractivity contribution in [1.82, 2.24) is 9.55 Å². The molecular formula is C19H16ClF2N3O2S. The molecule has 0 aliphatic carbocycles. The van der Waals surface area contributed by atoms with Crippen LogP contribution in [0.15, 0.2) is 41.6 Å². The number of aryl methyl sites for hydroxylation is 1. The van der Waals surface area contributed by atoms with Gasteiger partial charge in [0.2, 0.25) is 5.91 Å². The Morgan fingerprint density at radius 3 is 3.04 bits per heavy atom. The van der Waals surface area contributed by atoms with E-state index in [-0.39, 0.29) is 28.8 Å². The molecule has 1 aliphatic heterocycles. The van der Waals surface area contributed by atoms with E-state index in [4.69, 9.17) is 11.6 Å². The topological polar surface area (TPSA) is 64.0 Å².